The summed E-state index contributed by atoms with van der Waals surface area (Å²) in [6.07, 6.45) is 1.53. The van der Waals surface area contributed by atoms with Gasteiger partial charge in [0.25, 0.3) is 17.5 Å². The molecule has 0 bridgehead atoms. The van der Waals surface area contributed by atoms with E-state index in [1.54, 1.807) is 42.5 Å². The maximum atomic E-state index is 12.8. The summed E-state index contributed by atoms with van der Waals surface area (Å²) in [5.41, 5.74) is 3.85. The van der Waals surface area contributed by atoms with Gasteiger partial charge in [-0.15, -0.1) is 0 Å². The Morgan fingerprint density at radius 3 is 2.59 bits per heavy atom. The molecule has 32 heavy (non-hydrogen) atoms. The Bertz CT molecular complexity index is 1120. The third kappa shape index (κ3) is 4.64. The molecule has 0 unspecified atom stereocenters. The van der Waals surface area contributed by atoms with E-state index in [4.69, 9.17) is 17.0 Å². The van der Waals surface area contributed by atoms with Crippen LogP contribution in [-0.4, -0.2) is 52.4 Å². The van der Waals surface area contributed by atoms with Crippen molar-refractivity contribution in [1.29, 1.82) is 0 Å². The van der Waals surface area contributed by atoms with E-state index >= 15 is 0 Å². The van der Waals surface area contributed by atoms with Crippen LogP contribution in [0.4, 0.5) is 11.4 Å². The van der Waals surface area contributed by atoms with Crippen molar-refractivity contribution in [1.82, 2.24) is 10.4 Å². The number of thioether (sulfide) groups is 1. The molecule has 2 aliphatic rings. The lowest BCUT2D eigenvalue weighted by molar-refractivity contribution is -0.384. The van der Waals surface area contributed by atoms with Crippen LogP contribution in [0.3, 0.4) is 0 Å². The zero-order valence-corrected chi connectivity index (χ0v) is 18.4. The second kappa shape index (κ2) is 9.47. The van der Waals surface area contributed by atoms with E-state index in [0.717, 1.165) is 16.8 Å². The van der Waals surface area contributed by atoms with Crippen LogP contribution >= 0.6 is 24.0 Å². The normalized spacial score (nSPS) is 17.7. The standard InChI is InChI=1S/C21H18N4O5S2/c26-19(15-4-2-1-3-5-15)22-24-20(27)18(32-21(24)31)13-14-6-7-16(17(12-14)25(28)29)23-8-10-30-11-9-23/h1-7,12-13H,8-11H2,(H,22,26)/b18-13-. The van der Waals surface area contributed by atoms with Crippen molar-refractivity contribution in [2.24, 2.45) is 0 Å². The Morgan fingerprint density at radius 2 is 1.91 bits per heavy atom. The molecule has 2 aliphatic heterocycles. The minimum Gasteiger partial charge on any atom is -0.378 e. The number of thiocarbonyl (C=S) groups is 1. The average molecular weight is 471 g/mol. The molecule has 9 nitrogen and oxygen atoms in total. The molecule has 0 aliphatic carbocycles. The first-order valence-electron chi connectivity index (χ1n) is 9.69. The van der Waals surface area contributed by atoms with Gasteiger partial charge in [-0.3, -0.25) is 25.1 Å². The number of anilines is 1. The number of nitrogens with one attached hydrogen (secondary N) is 1. The van der Waals surface area contributed by atoms with E-state index in [1.807, 2.05) is 4.90 Å². The van der Waals surface area contributed by atoms with Gasteiger partial charge < -0.3 is 9.64 Å². The number of carbonyl (C=O) groups excluding carboxylic acids is 2. The lowest BCUT2D eigenvalue weighted by atomic mass is 10.1. The van der Waals surface area contributed by atoms with E-state index < -0.39 is 16.7 Å². The van der Waals surface area contributed by atoms with Crippen molar-refractivity contribution < 1.29 is 19.2 Å². The highest BCUT2D eigenvalue weighted by Gasteiger charge is 2.34. The zero-order valence-electron chi connectivity index (χ0n) is 16.7. The summed E-state index contributed by atoms with van der Waals surface area (Å²) in [6.45, 7) is 2.16. The molecule has 164 valence electrons. The van der Waals surface area contributed by atoms with Crippen molar-refractivity contribution in [3.63, 3.8) is 0 Å². The van der Waals surface area contributed by atoms with Crippen LogP contribution < -0.4 is 10.3 Å². The monoisotopic (exact) mass is 470 g/mol. The van der Waals surface area contributed by atoms with Crippen LogP contribution in [0.25, 0.3) is 6.08 Å². The summed E-state index contributed by atoms with van der Waals surface area (Å²) in [6, 6.07) is 13.3. The fourth-order valence-electron chi connectivity index (χ4n) is 3.32. The molecule has 0 radical (unpaired) electrons. The van der Waals surface area contributed by atoms with Crippen LogP contribution in [0.1, 0.15) is 15.9 Å². The van der Waals surface area contributed by atoms with Crippen LogP contribution in [0.5, 0.6) is 0 Å². The maximum Gasteiger partial charge on any atom is 0.293 e. The molecule has 2 fully saturated rings. The van der Waals surface area contributed by atoms with Crippen LogP contribution in [-0.2, 0) is 9.53 Å². The average Bonchev–Trinajstić information content (AvgIpc) is 3.07. The second-order valence-corrected chi connectivity index (χ2v) is 8.60. The lowest BCUT2D eigenvalue weighted by Gasteiger charge is -2.28. The van der Waals surface area contributed by atoms with Gasteiger partial charge in [0.05, 0.1) is 23.0 Å². The number of benzene rings is 2. The number of carbonyl (C=O) groups is 2. The molecule has 0 aromatic heterocycles. The lowest BCUT2D eigenvalue weighted by Crippen LogP contribution is -2.44. The number of morpholine rings is 1. The number of nitrogens with zero attached hydrogens (tertiary/aromatic N) is 3. The van der Waals surface area contributed by atoms with Gasteiger partial charge in [-0.2, -0.15) is 5.01 Å². The highest BCUT2D eigenvalue weighted by atomic mass is 32.2. The van der Waals surface area contributed by atoms with Gasteiger partial charge >= 0.3 is 0 Å². The van der Waals surface area contributed by atoms with E-state index in [2.05, 4.69) is 5.43 Å². The number of ether oxygens (including phenoxy) is 1. The zero-order chi connectivity index (χ0) is 22.7. The first kappa shape index (κ1) is 21.9. The number of hydrogen-bond acceptors (Lipinski definition) is 8. The minimum atomic E-state index is -0.496. The molecular formula is C21H18N4O5S2. The van der Waals surface area contributed by atoms with Crippen LogP contribution in [0, 0.1) is 10.1 Å². The molecule has 1 N–H and O–H groups in total. The Labute approximate surface area is 193 Å². The summed E-state index contributed by atoms with van der Waals surface area (Å²) in [4.78, 5) is 38.6. The Kier molecular flexibility index (Phi) is 6.49. The summed E-state index contributed by atoms with van der Waals surface area (Å²) < 4.78 is 5.48. The molecule has 0 atom stereocenters. The summed E-state index contributed by atoms with van der Waals surface area (Å²) in [5, 5.41) is 12.7. The fraction of sp³-hybridized carbons (Fsp3) is 0.190. The summed E-state index contributed by atoms with van der Waals surface area (Å²) in [7, 11) is 0. The topological polar surface area (TPSA) is 105 Å². The van der Waals surface area contributed by atoms with Gasteiger partial charge in [-0.05, 0) is 42.1 Å². The van der Waals surface area contributed by atoms with Gasteiger partial charge in [0.15, 0.2) is 4.32 Å². The number of amides is 2. The highest BCUT2D eigenvalue weighted by Crippen LogP contribution is 2.34. The Balaban J connectivity index is 1.55. The van der Waals surface area contributed by atoms with Gasteiger partial charge in [0.2, 0.25) is 0 Å². The summed E-state index contributed by atoms with van der Waals surface area (Å²) >= 11 is 6.26. The van der Waals surface area contributed by atoms with E-state index in [0.29, 0.717) is 43.1 Å². The Morgan fingerprint density at radius 1 is 1.19 bits per heavy atom. The smallest absolute Gasteiger partial charge is 0.293 e. The van der Waals surface area contributed by atoms with Crippen molar-refractivity contribution in [3.8, 4) is 0 Å². The number of hydrazine groups is 1. The number of rotatable bonds is 5. The second-order valence-electron chi connectivity index (χ2n) is 6.93. The maximum absolute atomic E-state index is 12.8. The van der Waals surface area contributed by atoms with Gasteiger partial charge in [-0.1, -0.05) is 36.0 Å². The van der Waals surface area contributed by atoms with E-state index in [-0.39, 0.29) is 14.9 Å². The predicted octanol–water partition coefficient (Wildman–Crippen LogP) is 2.98. The molecule has 11 heteroatoms. The van der Waals surface area contributed by atoms with Gasteiger partial charge in [0.1, 0.15) is 5.69 Å². The molecule has 2 heterocycles. The summed E-state index contributed by atoms with van der Waals surface area (Å²) in [5.74, 6) is -0.960. The Hall–Kier alpha value is -3.28. The van der Waals surface area contributed by atoms with Crippen LogP contribution in [0.2, 0.25) is 0 Å². The molecule has 2 saturated heterocycles. The van der Waals surface area contributed by atoms with Gasteiger partial charge in [-0.25, -0.2) is 0 Å². The third-order valence-electron chi connectivity index (χ3n) is 4.89. The van der Waals surface area contributed by atoms with E-state index in [9.17, 15) is 19.7 Å². The molecule has 4 rings (SSSR count). The molecule has 2 aromatic carbocycles. The van der Waals surface area contributed by atoms with Crippen molar-refractivity contribution in [2.75, 3.05) is 31.2 Å². The van der Waals surface area contributed by atoms with Gasteiger partial charge in [0, 0.05) is 24.7 Å². The highest BCUT2D eigenvalue weighted by molar-refractivity contribution is 8.26. The predicted molar refractivity (Wildman–Crippen MR) is 125 cm³/mol. The SMILES string of the molecule is O=C(NN1C(=O)/C(=C/c2ccc(N3CCOCC3)c([N+](=O)[O-])c2)SC1=S)c1ccccc1. The molecular weight excluding hydrogens is 452 g/mol. The molecule has 0 spiro atoms. The molecule has 2 amide bonds. The third-order valence-corrected chi connectivity index (χ3v) is 6.19. The largest absolute Gasteiger partial charge is 0.378 e. The first-order valence-corrected chi connectivity index (χ1v) is 10.9. The number of nitro benzene ring substituents is 1. The first-order chi connectivity index (χ1) is 15.4. The number of nitro groups is 1. The fourth-order valence-corrected chi connectivity index (χ4v) is 4.50. The minimum absolute atomic E-state index is 0.0477. The molecule has 2 aromatic rings. The van der Waals surface area contributed by atoms with Crippen molar-refractivity contribution >= 4 is 57.6 Å². The quantitative estimate of drug-likeness (QED) is 0.308. The van der Waals surface area contributed by atoms with Crippen molar-refractivity contribution in [2.45, 2.75) is 0 Å². The molecule has 0 saturated carbocycles. The van der Waals surface area contributed by atoms with Crippen molar-refractivity contribution in [3.05, 3.63) is 74.7 Å². The number of hydrogen-bond donors (Lipinski definition) is 1. The van der Waals surface area contributed by atoms with E-state index in [1.165, 1.54) is 12.1 Å². The van der Waals surface area contributed by atoms with Crippen LogP contribution in [0.15, 0.2) is 53.4 Å².